The maximum atomic E-state index is 11.2. The van der Waals surface area contributed by atoms with Crippen LogP contribution in [0.4, 0.5) is 0 Å². The van der Waals surface area contributed by atoms with Crippen LogP contribution in [0.3, 0.4) is 0 Å². The van der Waals surface area contributed by atoms with Crippen molar-refractivity contribution in [3.05, 3.63) is 42.1 Å². The van der Waals surface area contributed by atoms with Crippen LogP contribution in [0.15, 0.2) is 42.1 Å². The van der Waals surface area contributed by atoms with E-state index in [1.807, 2.05) is 37.3 Å². The van der Waals surface area contributed by atoms with Crippen LogP contribution < -0.4 is 10.5 Å². The van der Waals surface area contributed by atoms with Crippen LogP contribution in [-0.4, -0.2) is 19.2 Å². The lowest BCUT2D eigenvalue weighted by Crippen LogP contribution is -2.11. The van der Waals surface area contributed by atoms with Gasteiger partial charge in [-0.05, 0) is 18.6 Å². The molecule has 0 atom stereocenters. The van der Waals surface area contributed by atoms with Gasteiger partial charge in [0.2, 0.25) is 0 Å². The fourth-order valence-electron chi connectivity index (χ4n) is 1.11. The zero-order valence-electron chi connectivity index (χ0n) is 9.89. The van der Waals surface area contributed by atoms with Crippen LogP contribution in [-0.2, 0) is 9.53 Å². The Morgan fingerprint density at radius 2 is 2.00 bits per heavy atom. The molecule has 0 radical (unpaired) electrons. The van der Waals surface area contributed by atoms with Crippen LogP contribution in [0.25, 0.3) is 0 Å². The summed E-state index contributed by atoms with van der Waals surface area (Å²) in [5.41, 5.74) is 6.01. The molecule has 0 aliphatic carbocycles. The third-order valence-corrected chi connectivity index (χ3v) is 2.05. The summed E-state index contributed by atoms with van der Waals surface area (Å²) >= 11 is 0. The molecule has 0 spiro atoms. The van der Waals surface area contributed by atoms with Crippen LogP contribution in [0.5, 0.6) is 5.75 Å². The standard InChI is InChI=1S/C13H17NO3/c1-2-11(14)10-13(15)17-9-8-16-12-6-4-3-5-7-12/h3-7,10H,2,8-9,14H2,1H3. The molecular weight excluding hydrogens is 218 g/mol. The van der Waals surface area contributed by atoms with Crippen molar-refractivity contribution in [2.75, 3.05) is 13.2 Å². The van der Waals surface area contributed by atoms with Crippen molar-refractivity contribution < 1.29 is 14.3 Å². The number of nitrogens with two attached hydrogens (primary N) is 1. The Kier molecular flexibility index (Phi) is 5.64. The van der Waals surface area contributed by atoms with E-state index < -0.39 is 5.97 Å². The third kappa shape index (κ3) is 5.61. The van der Waals surface area contributed by atoms with Gasteiger partial charge in [-0.3, -0.25) is 0 Å². The molecule has 4 heteroatoms. The lowest BCUT2D eigenvalue weighted by Gasteiger charge is -2.06. The van der Waals surface area contributed by atoms with Crippen molar-refractivity contribution in [3.63, 3.8) is 0 Å². The summed E-state index contributed by atoms with van der Waals surface area (Å²) in [5, 5.41) is 0. The average Bonchev–Trinajstić information content (AvgIpc) is 2.36. The van der Waals surface area contributed by atoms with Crippen molar-refractivity contribution in [2.24, 2.45) is 5.73 Å². The van der Waals surface area contributed by atoms with Crippen molar-refractivity contribution in [1.29, 1.82) is 0 Å². The summed E-state index contributed by atoms with van der Waals surface area (Å²) in [6.07, 6.45) is 1.93. The lowest BCUT2D eigenvalue weighted by molar-refractivity contribution is -0.138. The molecule has 0 heterocycles. The maximum Gasteiger partial charge on any atom is 0.332 e. The summed E-state index contributed by atoms with van der Waals surface area (Å²) in [5.74, 6) is 0.327. The minimum absolute atomic E-state index is 0.210. The number of benzene rings is 1. The van der Waals surface area contributed by atoms with Crippen molar-refractivity contribution in [1.82, 2.24) is 0 Å². The number of esters is 1. The van der Waals surface area contributed by atoms with E-state index in [0.717, 1.165) is 5.75 Å². The quantitative estimate of drug-likeness (QED) is 0.464. The van der Waals surface area contributed by atoms with E-state index >= 15 is 0 Å². The smallest absolute Gasteiger partial charge is 0.332 e. The number of hydrogen-bond donors (Lipinski definition) is 1. The zero-order valence-corrected chi connectivity index (χ0v) is 9.89. The van der Waals surface area contributed by atoms with Gasteiger partial charge in [-0.15, -0.1) is 0 Å². The van der Waals surface area contributed by atoms with Gasteiger partial charge in [0.15, 0.2) is 0 Å². The number of ether oxygens (including phenoxy) is 2. The largest absolute Gasteiger partial charge is 0.490 e. The van der Waals surface area contributed by atoms with Gasteiger partial charge in [0.1, 0.15) is 19.0 Å². The van der Waals surface area contributed by atoms with E-state index in [9.17, 15) is 4.79 Å². The molecule has 0 amide bonds. The average molecular weight is 235 g/mol. The zero-order chi connectivity index (χ0) is 12.5. The number of rotatable bonds is 6. The molecule has 1 aromatic rings. The van der Waals surface area contributed by atoms with E-state index in [1.165, 1.54) is 6.08 Å². The van der Waals surface area contributed by atoms with Gasteiger partial charge < -0.3 is 15.2 Å². The normalized spacial score (nSPS) is 11.0. The summed E-state index contributed by atoms with van der Waals surface area (Å²) in [6, 6.07) is 9.36. The minimum atomic E-state index is -0.430. The summed E-state index contributed by atoms with van der Waals surface area (Å²) in [6.45, 7) is 2.41. The monoisotopic (exact) mass is 235 g/mol. The molecule has 0 fully saturated rings. The molecular formula is C13H17NO3. The van der Waals surface area contributed by atoms with E-state index in [4.69, 9.17) is 15.2 Å². The number of para-hydroxylation sites is 1. The van der Waals surface area contributed by atoms with Gasteiger partial charge in [-0.2, -0.15) is 0 Å². The van der Waals surface area contributed by atoms with Crippen molar-refractivity contribution in [3.8, 4) is 5.75 Å². The first-order chi connectivity index (χ1) is 8.22. The van der Waals surface area contributed by atoms with Crippen molar-refractivity contribution in [2.45, 2.75) is 13.3 Å². The predicted molar refractivity (Wildman–Crippen MR) is 65.5 cm³/mol. The highest BCUT2D eigenvalue weighted by Crippen LogP contribution is 2.07. The third-order valence-electron chi connectivity index (χ3n) is 2.05. The number of carbonyl (C=O) groups is 1. The molecule has 0 aliphatic heterocycles. The molecule has 92 valence electrons. The van der Waals surface area contributed by atoms with E-state index in [2.05, 4.69) is 0 Å². The maximum absolute atomic E-state index is 11.2. The van der Waals surface area contributed by atoms with Gasteiger partial charge >= 0.3 is 5.97 Å². The highest BCUT2D eigenvalue weighted by Gasteiger charge is 1.99. The Labute approximate surface area is 101 Å². The SMILES string of the molecule is CCC(N)=CC(=O)OCCOc1ccccc1. The Hall–Kier alpha value is -1.97. The topological polar surface area (TPSA) is 61.6 Å². The summed E-state index contributed by atoms with van der Waals surface area (Å²) < 4.78 is 10.3. The van der Waals surface area contributed by atoms with Gasteiger partial charge in [-0.1, -0.05) is 25.1 Å². The lowest BCUT2D eigenvalue weighted by atomic mass is 10.3. The first-order valence-electron chi connectivity index (χ1n) is 5.53. The van der Waals surface area contributed by atoms with Crippen LogP contribution in [0, 0.1) is 0 Å². The Morgan fingerprint density at radius 1 is 1.29 bits per heavy atom. The molecule has 0 aliphatic rings. The molecule has 0 saturated heterocycles. The van der Waals surface area contributed by atoms with Gasteiger partial charge in [-0.25, -0.2) is 4.79 Å². The number of carbonyl (C=O) groups excluding carboxylic acids is 1. The molecule has 0 bridgehead atoms. The molecule has 0 aromatic heterocycles. The molecule has 2 N–H and O–H groups in total. The Morgan fingerprint density at radius 3 is 2.65 bits per heavy atom. The van der Waals surface area contributed by atoms with E-state index in [0.29, 0.717) is 18.7 Å². The highest BCUT2D eigenvalue weighted by atomic mass is 16.6. The Bertz CT molecular complexity index is 374. The second-order valence-corrected chi connectivity index (χ2v) is 3.40. The fourth-order valence-corrected chi connectivity index (χ4v) is 1.11. The van der Waals surface area contributed by atoms with Crippen molar-refractivity contribution >= 4 is 5.97 Å². The first kappa shape index (κ1) is 13.1. The highest BCUT2D eigenvalue weighted by molar-refractivity contribution is 5.82. The second-order valence-electron chi connectivity index (χ2n) is 3.40. The molecule has 0 unspecified atom stereocenters. The molecule has 17 heavy (non-hydrogen) atoms. The van der Waals surface area contributed by atoms with Gasteiger partial charge in [0, 0.05) is 11.8 Å². The van der Waals surface area contributed by atoms with Crippen LogP contribution >= 0.6 is 0 Å². The van der Waals surface area contributed by atoms with Gasteiger partial charge in [0.05, 0.1) is 0 Å². The van der Waals surface area contributed by atoms with Crippen LogP contribution in [0.1, 0.15) is 13.3 Å². The summed E-state index contributed by atoms with van der Waals surface area (Å²) in [4.78, 5) is 11.2. The fraction of sp³-hybridized carbons (Fsp3) is 0.308. The first-order valence-corrected chi connectivity index (χ1v) is 5.53. The minimum Gasteiger partial charge on any atom is -0.490 e. The molecule has 0 saturated carbocycles. The number of hydrogen-bond acceptors (Lipinski definition) is 4. The number of allylic oxidation sites excluding steroid dienone is 1. The summed E-state index contributed by atoms with van der Waals surface area (Å²) in [7, 11) is 0. The van der Waals surface area contributed by atoms with E-state index in [-0.39, 0.29) is 6.61 Å². The van der Waals surface area contributed by atoms with Crippen LogP contribution in [0.2, 0.25) is 0 Å². The molecule has 1 aromatic carbocycles. The van der Waals surface area contributed by atoms with Gasteiger partial charge in [0.25, 0.3) is 0 Å². The second kappa shape index (κ2) is 7.33. The predicted octanol–water partition coefficient (Wildman–Crippen LogP) is 1.86. The molecule has 1 rings (SSSR count). The van der Waals surface area contributed by atoms with E-state index in [1.54, 1.807) is 0 Å². The molecule has 4 nitrogen and oxygen atoms in total. The Balaban J connectivity index is 2.19.